The molecule has 1 aromatic carbocycles. The van der Waals surface area contributed by atoms with E-state index in [0.717, 1.165) is 36.4 Å². The van der Waals surface area contributed by atoms with Gasteiger partial charge in [0.15, 0.2) is 17.5 Å². The zero-order valence-corrected chi connectivity index (χ0v) is 16.0. The third-order valence-electron chi connectivity index (χ3n) is 4.80. The second-order valence-electron chi connectivity index (χ2n) is 7.31. The fourth-order valence-electron chi connectivity index (χ4n) is 3.10. The van der Waals surface area contributed by atoms with Gasteiger partial charge in [0.05, 0.1) is 6.42 Å². The maximum atomic E-state index is 13.3. The van der Waals surface area contributed by atoms with Crippen LogP contribution in [-0.2, 0) is 11.2 Å². The fourth-order valence-corrected chi connectivity index (χ4v) is 3.10. The first-order valence-electron chi connectivity index (χ1n) is 9.47. The molecule has 0 spiro atoms. The molecular weight excluding hydrogens is 376 g/mol. The SMILES string of the molecule is Cc1cc(N(CC2CC2)C(=O)Cc2cc(Nc3ccc(F)c(F)c3)n[nH]2)ccn1. The maximum Gasteiger partial charge on any atom is 0.232 e. The Morgan fingerprint density at radius 2 is 2.03 bits per heavy atom. The summed E-state index contributed by atoms with van der Waals surface area (Å²) >= 11 is 0. The molecule has 29 heavy (non-hydrogen) atoms. The standard InChI is InChI=1S/C21H21F2N5O/c1-13-8-17(6-7-24-13)28(12-14-2-3-14)21(29)11-16-10-20(27-26-16)25-15-4-5-18(22)19(23)9-15/h4-10,14H,2-3,11-12H2,1H3,(H2,25,26,27). The number of aromatic nitrogens is 3. The van der Waals surface area contributed by atoms with E-state index < -0.39 is 11.6 Å². The molecule has 1 aliphatic carbocycles. The van der Waals surface area contributed by atoms with E-state index in [1.807, 2.05) is 19.1 Å². The summed E-state index contributed by atoms with van der Waals surface area (Å²) in [4.78, 5) is 19.0. The summed E-state index contributed by atoms with van der Waals surface area (Å²) < 4.78 is 26.4. The van der Waals surface area contributed by atoms with Gasteiger partial charge in [-0.1, -0.05) is 0 Å². The lowest BCUT2D eigenvalue weighted by molar-refractivity contribution is -0.118. The van der Waals surface area contributed by atoms with Crippen LogP contribution in [0, 0.1) is 24.5 Å². The second kappa shape index (κ2) is 7.98. The number of nitrogens with one attached hydrogen (secondary N) is 2. The summed E-state index contributed by atoms with van der Waals surface area (Å²) in [5.74, 6) is -0.923. The van der Waals surface area contributed by atoms with Gasteiger partial charge in [-0.05, 0) is 49.9 Å². The normalized spacial score (nSPS) is 13.3. The third kappa shape index (κ3) is 4.77. The molecule has 1 aliphatic rings. The first-order chi connectivity index (χ1) is 14.0. The molecule has 0 aliphatic heterocycles. The molecule has 1 saturated carbocycles. The first kappa shape index (κ1) is 19.0. The molecule has 1 amide bonds. The number of H-pyrrole nitrogens is 1. The number of rotatable bonds is 7. The lowest BCUT2D eigenvalue weighted by atomic mass is 10.2. The minimum Gasteiger partial charge on any atom is -0.339 e. The maximum absolute atomic E-state index is 13.3. The van der Waals surface area contributed by atoms with Crippen LogP contribution < -0.4 is 10.2 Å². The van der Waals surface area contributed by atoms with Gasteiger partial charge >= 0.3 is 0 Å². The minimum atomic E-state index is -0.940. The van der Waals surface area contributed by atoms with Crippen LogP contribution in [0.1, 0.15) is 24.2 Å². The van der Waals surface area contributed by atoms with Crippen molar-refractivity contribution in [2.45, 2.75) is 26.2 Å². The Morgan fingerprint density at radius 3 is 2.76 bits per heavy atom. The zero-order valence-electron chi connectivity index (χ0n) is 16.0. The number of halogens is 2. The van der Waals surface area contributed by atoms with Crippen LogP contribution in [-0.4, -0.2) is 27.6 Å². The van der Waals surface area contributed by atoms with E-state index >= 15 is 0 Å². The number of pyridine rings is 1. The van der Waals surface area contributed by atoms with Gasteiger partial charge in [-0.15, -0.1) is 0 Å². The van der Waals surface area contributed by atoms with E-state index in [9.17, 15) is 13.6 Å². The number of aryl methyl sites for hydroxylation is 1. The number of hydrogen-bond acceptors (Lipinski definition) is 4. The summed E-state index contributed by atoms with van der Waals surface area (Å²) in [6.07, 6.45) is 4.14. The highest BCUT2D eigenvalue weighted by Crippen LogP contribution is 2.32. The molecule has 0 radical (unpaired) electrons. The number of anilines is 3. The number of benzene rings is 1. The van der Waals surface area contributed by atoms with Crippen molar-refractivity contribution in [1.29, 1.82) is 0 Å². The monoisotopic (exact) mass is 397 g/mol. The van der Waals surface area contributed by atoms with Crippen molar-refractivity contribution in [2.24, 2.45) is 5.92 Å². The van der Waals surface area contributed by atoms with E-state index in [-0.39, 0.29) is 12.3 Å². The predicted octanol–water partition coefficient (Wildman–Crippen LogP) is 4.12. The smallest absolute Gasteiger partial charge is 0.232 e. The minimum absolute atomic E-state index is 0.0365. The molecule has 0 saturated heterocycles. The van der Waals surface area contributed by atoms with Crippen molar-refractivity contribution in [3.63, 3.8) is 0 Å². The number of nitrogens with zero attached hydrogens (tertiary/aromatic N) is 3. The molecule has 0 atom stereocenters. The summed E-state index contributed by atoms with van der Waals surface area (Å²) in [6, 6.07) is 8.95. The topological polar surface area (TPSA) is 73.9 Å². The van der Waals surface area contributed by atoms with E-state index in [0.29, 0.717) is 29.7 Å². The number of aromatic amines is 1. The van der Waals surface area contributed by atoms with Crippen LogP contribution >= 0.6 is 0 Å². The van der Waals surface area contributed by atoms with Crippen LogP contribution in [0.2, 0.25) is 0 Å². The van der Waals surface area contributed by atoms with Crippen molar-refractivity contribution in [2.75, 3.05) is 16.8 Å². The highest BCUT2D eigenvalue weighted by atomic mass is 19.2. The molecule has 8 heteroatoms. The highest BCUT2D eigenvalue weighted by Gasteiger charge is 2.28. The number of hydrogen-bond donors (Lipinski definition) is 2. The molecule has 6 nitrogen and oxygen atoms in total. The van der Waals surface area contributed by atoms with Crippen LogP contribution in [0.15, 0.2) is 42.6 Å². The summed E-state index contributed by atoms with van der Waals surface area (Å²) in [6.45, 7) is 2.59. The highest BCUT2D eigenvalue weighted by molar-refractivity contribution is 5.94. The summed E-state index contributed by atoms with van der Waals surface area (Å²) in [5.41, 5.74) is 2.70. The van der Waals surface area contributed by atoms with Crippen molar-refractivity contribution < 1.29 is 13.6 Å². The summed E-state index contributed by atoms with van der Waals surface area (Å²) in [7, 11) is 0. The van der Waals surface area contributed by atoms with Crippen molar-refractivity contribution in [3.05, 3.63) is 65.6 Å². The Morgan fingerprint density at radius 1 is 1.21 bits per heavy atom. The Balaban J connectivity index is 1.46. The first-order valence-corrected chi connectivity index (χ1v) is 9.47. The third-order valence-corrected chi connectivity index (χ3v) is 4.80. The molecule has 150 valence electrons. The van der Waals surface area contributed by atoms with Crippen molar-refractivity contribution in [3.8, 4) is 0 Å². The number of carbonyl (C=O) groups excluding carboxylic acids is 1. The molecular formula is C21H21F2N5O. The molecule has 4 rings (SSSR count). The molecule has 0 unspecified atom stereocenters. The predicted molar refractivity (Wildman–Crippen MR) is 106 cm³/mol. The van der Waals surface area contributed by atoms with E-state index in [1.165, 1.54) is 6.07 Å². The Kier molecular flexibility index (Phi) is 5.24. The zero-order chi connectivity index (χ0) is 20.4. The van der Waals surface area contributed by atoms with Gasteiger partial charge in [-0.25, -0.2) is 8.78 Å². The van der Waals surface area contributed by atoms with Gasteiger partial charge in [-0.3, -0.25) is 14.9 Å². The quantitative estimate of drug-likeness (QED) is 0.629. The fraction of sp³-hybridized carbons (Fsp3) is 0.286. The lowest BCUT2D eigenvalue weighted by Crippen LogP contribution is -2.34. The van der Waals surface area contributed by atoms with E-state index in [1.54, 1.807) is 17.2 Å². The van der Waals surface area contributed by atoms with Gasteiger partial charge in [-0.2, -0.15) is 5.10 Å². The largest absolute Gasteiger partial charge is 0.339 e. The van der Waals surface area contributed by atoms with Gasteiger partial charge < -0.3 is 10.2 Å². The van der Waals surface area contributed by atoms with Crippen LogP contribution in [0.25, 0.3) is 0 Å². The Hall–Kier alpha value is -3.29. The van der Waals surface area contributed by atoms with Gasteiger partial charge in [0.25, 0.3) is 0 Å². The van der Waals surface area contributed by atoms with Crippen LogP contribution in [0.3, 0.4) is 0 Å². The molecule has 3 aromatic rings. The Bertz CT molecular complexity index is 1030. The van der Waals surface area contributed by atoms with Crippen molar-refractivity contribution in [1.82, 2.24) is 15.2 Å². The number of amides is 1. The van der Waals surface area contributed by atoms with Crippen LogP contribution in [0.4, 0.5) is 26.0 Å². The van der Waals surface area contributed by atoms with E-state index in [2.05, 4.69) is 20.5 Å². The molecule has 2 aromatic heterocycles. The second-order valence-corrected chi connectivity index (χ2v) is 7.31. The van der Waals surface area contributed by atoms with Gasteiger partial charge in [0.1, 0.15) is 0 Å². The lowest BCUT2D eigenvalue weighted by Gasteiger charge is -2.23. The molecule has 2 N–H and O–H groups in total. The van der Waals surface area contributed by atoms with E-state index in [4.69, 9.17) is 0 Å². The molecule has 1 fully saturated rings. The van der Waals surface area contributed by atoms with Gasteiger partial charge in [0, 0.05) is 47.6 Å². The average molecular weight is 397 g/mol. The van der Waals surface area contributed by atoms with Crippen molar-refractivity contribution >= 4 is 23.1 Å². The van der Waals surface area contributed by atoms with Crippen LogP contribution in [0.5, 0.6) is 0 Å². The summed E-state index contributed by atoms with van der Waals surface area (Å²) in [5, 5.41) is 9.83. The Labute approximate surface area is 167 Å². The molecule has 0 bridgehead atoms. The number of carbonyl (C=O) groups is 1. The van der Waals surface area contributed by atoms with Gasteiger partial charge in [0.2, 0.25) is 5.91 Å². The average Bonchev–Trinajstić information content (AvgIpc) is 3.41. The molecule has 2 heterocycles.